The number of hydrogen-bond acceptors (Lipinski definition) is 4. The molecule has 1 fully saturated rings. The minimum atomic E-state index is 0.103. The van der Waals surface area contributed by atoms with Crippen LogP contribution in [0.2, 0.25) is 0 Å². The first-order chi connectivity index (χ1) is 9.04. The van der Waals surface area contributed by atoms with Crippen molar-refractivity contribution in [2.45, 2.75) is 52.0 Å². The second kappa shape index (κ2) is 5.99. The highest BCUT2D eigenvalue weighted by molar-refractivity contribution is 5.77. The maximum Gasteiger partial charge on any atom is 0.223 e. The fraction of sp³-hybridized carbons (Fsp3) is 0.643. The maximum atomic E-state index is 11.5. The fourth-order valence-corrected chi connectivity index (χ4v) is 1.78. The molecule has 19 heavy (non-hydrogen) atoms. The van der Waals surface area contributed by atoms with Crippen molar-refractivity contribution in [3.8, 4) is 0 Å². The number of amides is 1. The van der Waals surface area contributed by atoms with Crippen molar-refractivity contribution in [2.24, 2.45) is 0 Å². The standard InChI is InChI=1S/C14H22N4O/c1-9(2)12-8-10(3)16-14(18-12)15-7-6-13(19)17-11-4-5-11/h8-9,11H,4-7H2,1-3H3,(H,17,19)(H,15,16,18). The molecule has 0 aromatic carbocycles. The number of anilines is 1. The van der Waals surface area contributed by atoms with E-state index in [0.29, 0.717) is 30.9 Å². The number of rotatable bonds is 6. The van der Waals surface area contributed by atoms with E-state index in [1.807, 2.05) is 13.0 Å². The molecular weight excluding hydrogens is 240 g/mol. The number of aryl methyl sites for hydroxylation is 1. The van der Waals surface area contributed by atoms with E-state index in [0.717, 1.165) is 24.2 Å². The first-order valence-electron chi connectivity index (χ1n) is 6.93. The monoisotopic (exact) mass is 262 g/mol. The lowest BCUT2D eigenvalue weighted by molar-refractivity contribution is -0.120. The Morgan fingerprint density at radius 2 is 2.16 bits per heavy atom. The molecule has 0 spiro atoms. The SMILES string of the molecule is Cc1cc(C(C)C)nc(NCCC(=O)NC2CC2)n1. The van der Waals surface area contributed by atoms with Gasteiger partial charge in [-0.25, -0.2) is 9.97 Å². The minimum absolute atomic E-state index is 0.103. The molecule has 1 aliphatic carbocycles. The molecule has 0 radical (unpaired) electrons. The van der Waals surface area contributed by atoms with Gasteiger partial charge in [-0.15, -0.1) is 0 Å². The third-order valence-corrected chi connectivity index (χ3v) is 3.04. The van der Waals surface area contributed by atoms with Gasteiger partial charge in [0.05, 0.1) is 0 Å². The van der Waals surface area contributed by atoms with Crippen LogP contribution < -0.4 is 10.6 Å². The Balaban J connectivity index is 1.82. The summed E-state index contributed by atoms with van der Waals surface area (Å²) in [5.74, 6) is 1.09. The molecule has 5 nitrogen and oxygen atoms in total. The zero-order valence-corrected chi connectivity index (χ0v) is 11.9. The average molecular weight is 262 g/mol. The summed E-state index contributed by atoms with van der Waals surface area (Å²) < 4.78 is 0. The van der Waals surface area contributed by atoms with Gasteiger partial charge in [0.2, 0.25) is 11.9 Å². The van der Waals surface area contributed by atoms with Gasteiger partial charge in [-0.2, -0.15) is 0 Å². The van der Waals surface area contributed by atoms with Crippen molar-refractivity contribution < 1.29 is 4.79 Å². The van der Waals surface area contributed by atoms with Gasteiger partial charge in [0.15, 0.2) is 0 Å². The summed E-state index contributed by atoms with van der Waals surface area (Å²) in [6, 6.07) is 2.42. The van der Waals surface area contributed by atoms with Crippen molar-refractivity contribution in [3.63, 3.8) is 0 Å². The lowest BCUT2D eigenvalue weighted by Crippen LogP contribution is -2.27. The summed E-state index contributed by atoms with van der Waals surface area (Å²) in [4.78, 5) is 20.3. The van der Waals surface area contributed by atoms with Gasteiger partial charge in [0.25, 0.3) is 0 Å². The Bertz CT molecular complexity index is 455. The summed E-state index contributed by atoms with van der Waals surface area (Å²) in [5.41, 5.74) is 1.97. The first kappa shape index (κ1) is 13.8. The zero-order valence-electron chi connectivity index (χ0n) is 11.9. The fourth-order valence-electron chi connectivity index (χ4n) is 1.78. The predicted molar refractivity (Wildman–Crippen MR) is 75.1 cm³/mol. The number of carbonyl (C=O) groups excluding carboxylic acids is 1. The Morgan fingerprint density at radius 1 is 1.42 bits per heavy atom. The molecule has 1 aromatic heterocycles. The van der Waals surface area contributed by atoms with E-state index < -0.39 is 0 Å². The Hall–Kier alpha value is -1.65. The van der Waals surface area contributed by atoms with Crippen LogP contribution in [0.5, 0.6) is 0 Å². The predicted octanol–water partition coefficient (Wildman–Crippen LogP) is 1.99. The van der Waals surface area contributed by atoms with Gasteiger partial charge in [-0.1, -0.05) is 13.8 Å². The van der Waals surface area contributed by atoms with Crippen LogP contribution in [0, 0.1) is 6.92 Å². The third-order valence-electron chi connectivity index (χ3n) is 3.04. The molecule has 1 aromatic rings. The Morgan fingerprint density at radius 3 is 2.79 bits per heavy atom. The summed E-state index contributed by atoms with van der Waals surface area (Å²) in [5, 5.41) is 6.08. The van der Waals surface area contributed by atoms with E-state index in [-0.39, 0.29) is 5.91 Å². The molecule has 2 rings (SSSR count). The second-order valence-corrected chi connectivity index (χ2v) is 5.43. The lowest BCUT2D eigenvalue weighted by atomic mass is 10.1. The van der Waals surface area contributed by atoms with Crippen LogP contribution in [0.3, 0.4) is 0 Å². The third kappa shape index (κ3) is 4.50. The van der Waals surface area contributed by atoms with Gasteiger partial charge in [0, 0.05) is 30.4 Å². The number of aromatic nitrogens is 2. The molecule has 0 unspecified atom stereocenters. The minimum Gasteiger partial charge on any atom is -0.354 e. The molecule has 1 amide bonds. The molecule has 5 heteroatoms. The molecule has 0 aliphatic heterocycles. The quantitative estimate of drug-likeness (QED) is 0.822. The topological polar surface area (TPSA) is 66.9 Å². The van der Waals surface area contributed by atoms with Crippen LogP contribution in [0.4, 0.5) is 5.95 Å². The van der Waals surface area contributed by atoms with Gasteiger partial charge in [0.1, 0.15) is 0 Å². The van der Waals surface area contributed by atoms with Crippen LogP contribution in [0.25, 0.3) is 0 Å². The van der Waals surface area contributed by atoms with Crippen molar-refractivity contribution in [1.82, 2.24) is 15.3 Å². The second-order valence-electron chi connectivity index (χ2n) is 5.43. The molecular formula is C14H22N4O. The van der Waals surface area contributed by atoms with E-state index in [1.54, 1.807) is 0 Å². The normalized spacial score (nSPS) is 14.5. The van der Waals surface area contributed by atoms with Gasteiger partial charge >= 0.3 is 0 Å². The molecule has 0 atom stereocenters. The lowest BCUT2D eigenvalue weighted by Gasteiger charge is -2.10. The Kier molecular flexibility index (Phi) is 4.35. The van der Waals surface area contributed by atoms with E-state index in [9.17, 15) is 4.79 Å². The largest absolute Gasteiger partial charge is 0.354 e. The highest BCUT2D eigenvalue weighted by atomic mass is 16.1. The maximum absolute atomic E-state index is 11.5. The van der Waals surface area contributed by atoms with Gasteiger partial charge in [-0.05, 0) is 31.7 Å². The number of carbonyl (C=O) groups is 1. The molecule has 0 saturated heterocycles. The van der Waals surface area contributed by atoms with Crippen molar-refractivity contribution in [2.75, 3.05) is 11.9 Å². The van der Waals surface area contributed by atoms with E-state index in [4.69, 9.17) is 0 Å². The number of nitrogens with zero attached hydrogens (tertiary/aromatic N) is 2. The van der Waals surface area contributed by atoms with E-state index >= 15 is 0 Å². The summed E-state index contributed by atoms with van der Waals surface area (Å²) >= 11 is 0. The molecule has 104 valence electrons. The van der Waals surface area contributed by atoms with E-state index in [2.05, 4.69) is 34.4 Å². The van der Waals surface area contributed by atoms with Gasteiger partial charge < -0.3 is 10.6 Å². The number of nitrogens with one attached hydrogen (secondary N) is 2. The highest BCUT2D eigenvalue weighted by Gasteiger charge is 2.22. The molecule has 1 heterocycles. The van der Waals surface area contributed by atoms with Crippen LogP contribution >= 0.6 is 0 Å². The summed E-state index contributed by atoms with van der Waals surface area (Å²) in [7, 11) is 0. The molecule has 1 saturated carbocycles. The number of hydrogen-bond donors (Lipinski definition) is 2. The molecule has 0 bridgehead atoms. The zero-order chi connectivity index (χ0) is 13.8. The first-order valence-corrected chi connectivity index (χ1v) is 6.93. The van der Waals surface area contributed by atoms with E-state index in [1.165, 1.54) is 0 Å². The molecule has 2 N–H and O–H groups in total. The average Bonchev–Trinajstić information content (AvgIpc) is 3.12. The van der Waals surface area contributed by atoms with Crippen LogP contribution in [0.15, 0.2) is 6.07 Å². The van der Waals surface area contributed by atoms with Crippen LogP contribution in [-0.4, -0.2) is 28.5 Å². The summed E-state index contributed by atoms with van der Waals surface area (Å²) in [6.07, 6.45) is 2.71. The van der Waals surface area contributed by atoms with Crippen LogP contribution in [0.1, 0.15) is 50.4 Å². The van der Waals surface area contributed by atoms with Gasteiger partial charge in [-0.3, -0.25) is 4.79 Å². The van der Waals surface area contributed by atoms with Crippen molar-refractivity contribution in [1.29, 1.82) is 0 Å². The summed E-state index contributed by atoms with van der Waals surface area (Å²) in [6.45, 7) is 6.74. The van der Waals surface area contributed by atoms with Crippen molar-refractivity contribution >= 4 is 11.9 Å². The van der Waals surface area contributed by atoms with Crippen molar-refractivity contribution in [3.05, 3.63) is 17.5 Å². The van der Waals surface area contributed by atoms with Crippen LogP contribution in [-0.2, 0) is 4.79 Å². The Labute approximate surface area is 114 Å². The highest BCUT2D eigenvalue weighted by Crippen LogP contribution is 2.18. The smallest absolute Gasteiger partial charge is 0.223 e. The molecule has 1 aliphatic rings.